The molecule has 0 saturated carbocycles. The molecule has 0 heterocycles. The van der Waals surface area contributed by atoms with E-state index in [1.165, 1.54) is 0 Å². The second kappa shape index (κ2) is 7.75. The minimum Gasteiger partial charge on any atom is -0.480 e. The molecule has 0 bridgehead atoms. The van der Waals surface area contributed by atoms with Crippen LogP contribution < -0.4 is 4.74 Å². The zero-order valence-corrected chi connectivity index (χ0v) is 15.8. The largest absolute Gasteiger partial charge is 0.480 e. The van der Waals surface area contributed by atoms with Crippen LogP contribution >= 0.6 is 31.9 Å². The van der Waals surface area contributed by atoms with Gasteiger partial charge in [0, 0.05) is 16.3 Å². The maximum atomic E-state index is 10.7. The van der Waals surface area contributed by atoms with Crippen molar-refractivity contribution >= 4 is 49.7 Å². The molecular formula is C17H15Br2NO3. The molecule has 0 aliphatic carbocycles. The first-order valence-corrected chi connectivity index (χ1v) is 8.41. The van der Waals surface area contributed by atoms with Gasteiger partial charge in [-0.05, 0) is 59.1 Å². The molecule has 0 aliphatic rings. The number of carboxylic acid groups (broad SMARTS) is 1. The van der Waals surface area contributed by atoms with Crippen molar-refractivity contribution in [3.05, 3.63) is 56.0 Å². The highest BCUT2D eigenvalue weighted by atomic mass is 79.9. The monoisotopic (exact) mass is 439 g/mol. The van der Waals surface area contributed by atoms with Gasteiger partial charge in [-0.15, -0.1) is 0 Å². The van der Waals surface area contributed by atoms with Gasteiger partial charge in [0.05, 0.1) is 10.2 Å². The lowest BCUT2D eigenvalue weighted by molar-refractivity contribution is -0.139. The molecule has 0 atom stereocenters. The summed E-state index contributed by atoms with van der Waals surface area (Å²) in [6.45, 7) is 3.64. The van der Waals surface area contributed by atoms with Crippen LogP contribution in [0, 0.1) is 13.8 Å². The summed E-state index contributed by atoms with van der Waals surface area (Å²) in [5.74, 6) is -0.582. The summed E-state index contributed by atoms with van der Waals surface area (Å²) in [7, 11) is 0. The van der Waals surface area contributed by atoms with Crippen LogP contribution in [0.4, 0.5) is 5.69 Å². The fourth-order valence-electron chi connectivity index (χ4n) is 1.98. The van der Waals surface area contributed by atoms with E-state index in [2.05, 4.69) is 36.9 Å². The summed E-state index contributed by atoms with van der Waals surface area (Å²) < 4.78 is 6.87. The number of aliphatic imine (C=N–C) groups is 1. The van der Waals surface area contributed by atoms with Crippen molar-refractivity contribution in [2.45, 2.75) is 13.8 Å². The van der Waals surface area contributed by atoms with Crippen LogP contribution in [0.2, 0.25) is 0 Å². The van der Waals surface area contributed by atoms with Crippen LogP contribution in [-0.2, 0) is 4.79 Å². The van der Waals surface area contributed by atoms with E-state index >= 15 is 0 Å². The predicted octanol–water partition coefficient (Wildman–Crippen LogP) is 5.04. The molecule has 2 aromatic rings. The number of benzene rings is 2. The number of carboxylic acids is 1. The average molecular weight is 441 g/mol. The third-order valence-corrected chi connectivity index (χ3v) is 4.34. The quantitative estimate of drug-likeness (QED) is 0.662. The van der Waals surface area contributed by atoms with E-state index in [1.807, 2.05) is 38.1 Å². The number of aryl methyl sites for hydroxylation is 1. The van der Waals surface area contributed by atoms with Gasteiger partial charge in [-0.25, -0.2) is 4.79 Å². The lowest BCUT2D eigenvalue weighted by Crippen LogP contribution is -2.11. The number of carbonyl (C=O) groups is 1. The molecule has 0 amide bonds. The minimum absolute atomic E-state index is 0.412. The van der Waals surface area contributed by atoms with Gasteiger partial charge in [0.15, 0.2) is 6.61 Å². The summed E-state index contributed by atoms with van der Waals surface area (Å²) in [5, 5.41) is 8.80. The van der Waals surface area contributed by atoms with E-state index in [9.17, 15) is 4.79 Å². The Morgan fingerprint density at radius 1 is 1.30 bits per heavy atom. The van der Waals surface area contributed by atoms with Crippen LogP contribution in [0.1, 0.15) is 16.7 Å². The maximum Gasteiger partial charge on any atom is 0.341 e. The SMILES string of the molecule is Cc1cccc(N=Cc2cc(Br)cc(Br)c2OCC(=O)O)c1C. The van der Waals surface area contributed by atoms with Crippen LogP contribution in [0.3, 0.4) is 0 Å². The molecule has 1 N–H and O–H groups in total. The number of nitrogens with zero attached hydrogens (tertiary/aromatic N) is 1. The van der Waals surface area contributed by atoms with Crippen LogP contribution in [0.15, 0.2) is 44.3 Å². The third-order valence-electron chi connectivity index (χ3n) is 3.30. The van der Waals surface area contributed by atoms with Crippen LogP contribution in [0.5, 0.6) is 5.75 Å². The van der Waals surface area contributed by atoms with E-state index in [-0.39, 0.29) is 0 Å². The van der Waals surface area contributed by atoms with E-state index in [0.29, 0.717) is 15.8 Å². The van der Waals surface area contributed by atoms with E-state index in [4.69, 9.17) is 9.84 Å². The fraction of sp³-hybridized carbons (Fsp3) is 0.176. The Morgan fingerprint density at radius 3 is 2.74 bits per heavy atom. The Balaban J connectivity index is 2.39. The number of halogens is 2. The first-order chi connectivity index (χ1) is 10.9. The number of hydrogen-bond donors (Lipinski definition) is 1. The standard InChI is InChI=1S/C17H15Br2NO3/c1-10-4-3-5-15(11(10)2)20-8-12-6-13(18)7-14(19)17(12)23-9-16(21)22/h3-8H,9H2,1-2H3,(H,21,22). The highest BCUT2D eigenvalue weighted by Crippen LogP contribution is 2.32. The second-order valence-corrected chi connectivity index (χ2v) is 6.74. The van der Waals surface area contributed by atoms with Crippen molar-refractivity contribution in [1.82, 2.24) is 0 Å². The Hall–Kier alpha value is -1.66. The van der Waals surface area contributed by atoms with E-state index in [1.54, 1.807) is 12.3 Å². The van der Waals surface area contributed by atoms with Crippen molar-refractivity contribution in [2.75, 3.05) is 6.61 Å². The summed E-state index contributed by atoms with van der Waals surface area (Å²) in [4.78, 5) is 15.3. The van der Waals surface area contributed by atoms with Crippen LogP contribution in [-0.4, -0.2) is 23.9 Å². The minimum atomic E-state index is -1.03. The molecule has 0 aromatic heterocycles. The Kier molecular flexibility index (Phi) is 5.96. The van der Waals surface area contributed by atoms with Gasteiger partial charge in [-0.2, -0.15) is 0 Å². The molecule has 0 aliphatic heterocycles. The number of ether oxygens (including phenoxy) is 1. The van der Waals surface area contributed by atoms with Gasteiger partial charge in [-0.1, -0.05) is 28.1 Å². The summed E-state index contributed by atoms with van der Waals surface area (Å²) >= 11 is 6.81. The highest BCUT2D eigenvalue weighted by Gasteiger charge is 2.11. The van der Waals surface area contributed by atoms with Crippen molar-refractivity contribution in [3.63, 3.8) is 0 Å². The molecule has 6 heteroatoms. The molecule has 0 fully saturated rings. The Morgan fingerprint density at radius 2 is 2.04 bits per heavy atom. The van der Waals surface area contributed by atoms with Crippen molar-refractivity contribution < 1.29 is 14.6 Å². The molecule has 0 radical (unpaired) electrons. The molecule has 0 saturated heterocycles. The number of aliphatic carboxylic acids is 1. The fourth-order valence-corrected chi connectivity index (χ4v) is 3.35. The zero-order valence-electron chi connectivity index (χ0n) is 12.6. The first kappa shape index (κ1) is 17.7. The second-order valence-electron chi connectivity index (χ2n) is 4.97. The normalized spacial score (nSPS) is 11.0. The van der Waals surface area contributed by atoms with Crippen LogP contribution in [0.25, 0.3) is 0 Å². The van der Waals surface area contributed by atoms with E-state index in [0.717, 1.165) is 21.3 Å². The first-order valence-electron chi connectivity index (χ1n) is 6.82. The number of hydrogen-bond acceptors (Lipinski definition) is 3. The average Bonchev–Trinajstić information content (AvgIpc) is 2.47. The lowest BCUT2D eigenvalue weighted by atomic mass is 10.1. The maximum absolute atomic E-state index is 10.7. The van der Waals surface area contributed by atoms with Gasteiger partial charge in [0.25, 0.3) is 0 Å². The summed E-state index contributed by atoms with van der Waals surface area (Å²) in [6, 6.07) is 9.55. The molecule has 0 spiro atoms. The topological polar surface area (TPSA) is 58.9 Å². The highest BCUT2D eigenvalue weighted by molar-refractivity contribution is 9.11. The molecule has 2 rings (SSSR count). The van der Waals surface area contributed by atoms with Gasteiger partial charge in [0.1, 0.15) is 5.75 Å². The molecule has 23 heavy (non-hydrogen) atoms. The summed E-state index contributed by atoms with van der Waals surface area (Å²) in [6.07, 6.45) is 1.68. The molecule has 2 aromatic carbocycles. The van der Waals surface area contributed by atoms with Crippen molar-refractivity contribution in [2.24, 2.45) is 4.99 Å². The van der Waals surface area contributed by atoms with Crippen molar-refractivity contribution in [1.29, 1.82) is 0 Å². The third kappa shape index (κ3) is 4.65. The van der Waals surface area contributed by atoms with E-state index < -0.39 is 12.6 Å². The Labute approximate surface area is 151 Å². The summed E-state index contributed by atoms with van der Waals surface area (Å²) in [5.41, 5.74) is 3.82. The lowest BCUT2D eigenvalue weighted by Gasteiger charge is -2.10. The van der Waals surface area contributed by atoms with Gasteiger partial charge >= 0.3 is 5.97 Å². The van der Waals surface area contributed by atoms with Crippen molar-refractivity contribution in [3.8, 4) is 5.75 Å². The predicted molar refractivity (Wildman–Crippen MR) is 98.1 cm³/mol. The molecule has 120 valence electrons. The zero-order chi connectivity index (χ0) is 17.0. The smallest absolute Gasteiger partial charge is 0.341 e. The van der Waals surface area contributed by atoms with Gasteiger partial charge in [0.2, 0.25) is 0 Å². The molecule has 4 nitrogen and oxygen atoms in total. The Bertz CT molecular complexity index is 773. The van der Waals surface area contributed by atoms with Gasteiger partial charge in [-0.3, -0.25) is 4.99 Å². The molecule has 0 unspecified atom stereocenters. The van der Waals surface area contributed by atoms with Gasteiger partial charge < -0.3 is 9.84 Å². The number of rotatable bonds is 5. The molecular weight excluding hydrogens is 426 g/mol.